The zero-order valence-electron chi connectivity index (χ0n) is 14.2. The maximum atomic E-state index is 12.8. The number of fused-ring (bicyclic) bond motifs is 1. The van der Waals surface area contributed by atoms with Crippen molar-refractivity contribution in [2.45, 2.75) is 26.3 Å². The lowest BCUT2D eigenvalue weighted by atomic mass is 10.2. The van der Waals surface area contributed by atoms with E-state index in [0.717, 1.165) is 17.8 Å². The summed E-state index contributed by atoms with van der Waals surface area (Å²) in [6.07, 6.45) is 3.84. The number of aromatic nitrogens is 4. The lowest BCUT2D eigenvalue weighted by Gasteiger charge is -2.17. The number of pyridine rings is 1. The Morgan fingerprint density at radius 3 is 2.88 bits per heavy atom. The number of hydrogen-bond acceptors (Lipinski definition) is 4. The van der Waals surface area contributed by atoms with Crippen molar-refractivity contribution in [2.24, 2.45) is 0 Å². The molecule has 0 bridgehead atoms. The first kappa shape index (κ1) is 15.6. The first-order valence-corrected chi connectivity index (χ1v) is 8.33. The molecule has 1 saturated heterocycles. The molecule has 1 aliphatic rings. The van der Waals surface area contributed by atoms with Gasteiger partial charge >= 0.3 is 0 Å². The van der Waals surface area contributed by atoms with Gasteiger partial charge in [0.2, 0.25) is 0 Å². The van der Waals surface area contributed by atoms with Crippen molar-refractivity contribution >= 4 is 11.6 Å². The number of nitrogens with zero attached hydrogens (tertiary/aromatic N) is 5. The number of likely N-dealkylation sites (tertiary alicyclic amines) is 1. The van der Waals surface area contributed by atoms with Gasteiger partial charge in [-0.15, -0.1) is 0 Å². The first-order valence-electron chi connectivity index (χ1n) is 8.33. The van der Waals surface area contributed by atoms with Gasteiger partial charge in [0.25, 0.3) is 11.5 Å². The third kappa shape index (κ3) is 2.61. The molecule has 3 aromatic rings. The second kappa shape index (κ2) is 5.84. The van der Waals surface area contributed by atoms with Crippen LogP contribution in [0.4, 0.5) is 0 Å². The Morgan fingerprint density at radius 2 is 2.12 bits per heavy atom. The van der Waals surface area contributed by atoms with E-state index in [4.69, 9.17) is 0 Å². The summed E-state index contributed by atoms with van der Waals surface area (Å²) in [5.74, 6) is -0.264. The molecule has 0 aromatic carbocycles. The van der Waals surface area contributed by atoms with E-state index < -0.39 is 0 Å². The van der Waals surface area contributed by atoms with Crippen LogP contribution in [-0.2, 0) is 0 Å². The molecular formula is C18H19N5O2. The zero-order chi connectivity index (χ0) is 17.6. The second-order valence-corrected chi connectivity index (χ2v) is 6.47. The van der Waals surface area contributed by atoms with E-state index in [-0.39, 0.29) is 23.1 Å². The maximum Gasteiger partial charge on any atom is 0.270 e. The van der Waals surface area contributed by atoms with Crippen molar-refractivity contribution in [1.82, 2.24) is 24.1 Å². The molecule has 1 aliphatic heterocycles. The highest BCUT2D eigenvalue weighted by Crippen LogP contribution is 2.24. The zero-order valence-corrected chi connectivity index (χ0v) is 14.2. The van der Waals surface area contributed by atoms with Crippen molar-refractivity contribution in [3.63, 3.8) is 0 Å². The van der Waals surface area contributed by atoms with Crippen LogP contribution in [0.25, 0.3) is 5.65 Å². The van der Waals surface area contributed by atoms with Crippen LogP contribution in [0.3, 0.4) is 0 Å². The summed E-state index contributed by atoms with van der Waals surface area (Å²) in [6, 6.07) is 7.48. The van der Waals surface area contributed by atoms with Crippen LogP contribution < -0.4 is 5.56 Å². The van der Waals surface area contributed by atoms with Gasteiger partial charge in [-0.2, -0.15) is 5.10 Å². The van der Waals surface area contributed by atoms with E-state index in [1.54, 1.807) is 23.2 Å². The molecule has 4 heterocycles. The molecule has 3 aromatic heterocycles. The molecule has 1 atom stereocenters. The third-order valence-electron chi connectivity index (χ3n) is 4.68. The standard InChI is InChI=1S/C18H19N5O2/c1-12-9-13(2)23(20-12)14-6-8-21(11-14)17(24)15-10-19-16-5-3-4-7-22(16)18(15)25/h3-5,7,9-10,14H,6,8,11H2,1-2H3/t14-/m1/s1. The lowest BCUT2D eigenvalue weighted by Crippen LogP contribution is -2.34. The quantitative estimate of drug-likeness (QED) is 0.712. The van der Waals surface area contributed by atoms with E-state index in [9.17, 15) is 9.59 Å². The van der Waals surface area contributed by atoms with Crippen molar-refractivity contribution in [2.75, 3.05) is 13.1 Å². The summed E-state index contributed by atoms with van der Waals surface area (Å²) >= 11 is 0. The number of hydrogen-bond donors (Lipinski definition) is 0. The van der Waals surface area contributed by atoms with Crippen molar-refractivity contribution in [3.8, 4) is 0 Å². The molecule has 0 aliphatic carbocycles. The molecule has 128 valence electrons. The minimum atomic E-state index is -0.329. The van der Waals surface area contributed by atoms with Gasteiger partial charge in [0.1, 0.15) is 11.2 Å². The minimum Gasteiger partial charge on any atom is -0.336 e. The molecule has 1 fully saturated rings. The highest BCUT2D eigenvalue weighted by Gasteiger charge is 2.30. The van der Waals surface area contributed by atoms with Crippen molar-refractivity contribution in [3.05, 3.63) is 64.0 Å². The Hall–Kier alpha value is -2.96. The number of rotatable bonds is 2. The highest BCUT2D eigenvalue weighted by molar-refractivity contribution is 5.94. The summed E-state index contributed by atoms with van der Waals surface area (Å²) in [7, 11) is 0. The summed E-state index contributed by atoms with van der Waals surface area (Å²) < 4.78 is 3.38. The Balaban J connectivity index is 1.61. The lowest BCUT2D eigenvalue weighted by molar-refractivity contribution is 0.0784. The Morgan fingerprint density at radius 1 is 1.28 bits per heavy atom. The minimum absolute atomic E-state index is 0.109. The predicted octanol–water partition coefficient (Wildman–Crippen LogP) is 1.60. The third-order valence-corrected chi connectivity index (χ3v) is 4.68. The van der Waals surface area contributed by atoms with E-state index in [2.05, 4.69) is 10.1 Å². The number of carbonyl (C=O) groups excluding carboxylic acids is 1. The molecule has 1 amide bonds. The number of aryl methyl sites for hydroxylation is 2. The predicted molar refractivity (Wildman–Crippen MR) is 92.7 cm³/mol. The van der Waals surface area contributed by atoms with Gasteiger partial charge in [-0.1, -0.05) is 6.07 Å². The van der Waals surface area contributed by atoms with Crippen LogP contribution in [0.2, 0.25) is 0 Å². The van der Waals surface area contributed by atoms with E-state index in [1.807, 2.05) is 30.7 Å². The summed E-state index contributed by atoms with van der Waals surface area (Å²) in [6.45, 7) is 5.14. The summed E-state index contributed by atoms with van der Waals surface area (Å²) in [4.78, 5) is 31.4. The second-order valence-electron chi connectivity index (χ2n) is 6.47. The molecule has 0 saturated carbocycles. The smallest absolute Gasteiger partial charge is 0.270 e. The molecule has 7 heteroatoms. The van der Waals surface area contributed by atoms with E-state index in [0.29, 0.717) is 18.7 Å². The molecule has 0 unspecified atom stereocenters. The SMILES string of the molecule is Cc1cc(C)n([C@@H]2CCN(C(=O)c3cnc4ccccn4c3=O)C2)n1. The van der Waals surface area contributed by atoms with Crippen molar-refractivity contribution < 1.29 is 4.79 Å². The Labute approximate surface area is 144 Å². The van der Waals surface area contributed by atoms with E-state index in [1.165, 1.54) is 10.6 Å². The molecular weight excluding hydrogens is 318 g/mol. The summed E-state index contributed by atoms with van der Waals surface area (Å²) in [5.41, 5.74) is 2.37. The van der Waals surface area contributed by atoms with Gasteiger partial charge in [0.15, 0.2) is 0 Å². The topological polar surface area (TPSA) is 72.5 Å². The fraction of sp³-hybridized carbons (Fsp3) is 0.333. The van der Waals surface area contributed by atoms with Gasteiger partial charge in [0, 0.05) is 31.2 Å². The van der Waals surface area contributed by atoms with Gasteiger partial charge in [-0.3, -0.25) is 18.7 Å². The number of carbonyl (C=O) groups is 1. The maximum absolute atomic E-state index is 12.8. The van der Waals surface area contributed by atoms with E-state index >= 15 is 0 Å². The Kier molecular flexibility index (Phi) is 3.63. The largest absolute Gasteiger partial charge is 0.336 e. The van der Waals surface area contributed by atoms with Crippen LogP contribution in [0, 0.1) is 13.8 Å². The first-order chi connectivity index (χ1) is 12.0. The van der Waals surface area contributed by atoms with Gasteiger partial charge in [0.05, 0.1) is 11.7 Å². The van der Waals surface area contributed by atoms with Crippen LogP contribution in [0.5, 0.6) is 0 Å². The van der Waals surface area contributed by atoms with Gasteiger partial charge in [-0.25, -0.2) is 4.98 Å². The van der Waals surface area contributed by atoms with Crippen LogP contribution in [0.15, 0.2) is 41.5 Å². The van der Waals surface area contributed by atoms with Gasteiger partial charge < -0.3 is 4.90 Å². The van der Waals surface area contributed by atoms with Crippen LogP contribution in [0.1, 0.15) is 34.2 Å². The van der Waals surface area contributed by atoms with Crippen LogP contribution >= 0.6 is 0 Å². The fourth-order valence-electron chi connectivity index (χ4n) is 3.49. The van der Waals surface area contributed by atoms with Crippen LogP contribution in [-0.4, -0.2) is 43.1 Å². The normalized spacial score (nSPS) is 17.4. The van der Waals surface area contributed by atoms with Crippen molar-refractivity contribution in [1.29, 1.82) is 0 Å². The molecule has 0 radical (unpaired) electrons. The van der Waals surface area contributed by atoms with Gasteiger partial charge in [-0.05, 0) is 38.5 Å². The molecule has 7 nitrogen and oxygen atoms in total. The molecule has 0 spiro atoms. The fourth-order valence-corrected chi connectivity index (χ4v) is 3.49. The summed E-state index contributed by atoms with van der Waals surface area (Å²) in [5, 5.41) is 4.52. The number of amides is 1. The molecule has 4 rings (SSSR count). The molecule has 0 N–H and O–H groups in total. The Bertz CT molecular complexity index is 1020. The highest BCUT2D eigenvalue weighted by atomic mass is 16.2. The average Bonchev–Trinajstić information content (AvgIpc) is 3.21. The molecule has 25 heavy (non-hydrogen) atoms. The average molecular weight is 337 g/mol. The monoisotopic (exact) mass is 337 g/mol.